The standard InChI is InChI=1S/C18H24ClN3O2/c1-5-24-17(23)18(3,4)20-11-15-13(2)21-22(16(15)19)12-14-9-7-6-8-10-14/h6-10,20H,5,11-12H2,1-4H3. The molecule has 130 valence electrons. The fourth-order valence-electron chi connectivity index (χ4n) is 2.35. The van der Waals surface area contributed by atoms with Gasteiger partial charge < -0.3 is 4.74 Å². The maximum atomic E-state index is 12.0. The number of rotatable bonds is 7. The van der Waals surface area contributed by atoms with E-state index in [0.29, 0.717) is 24.8 Å². The van der Waals surface area contributed by atoms with E-state index < -0.39 is 5.54 Å². The summed E-state index contributed by atoms with van der Waals surface area (Å²) >= 11 is 6.49. The molecule has 0 saturated carbocycles. The Kier molecular flexibility index (Phi) is 6.02. The van der Waals surface area contributed by atoms with E-state index in [-0.39, 0.29) is 5.97 Å². The lowest BCUT2D eigenvalue weighted by atomic mass is 10.1. The molecule has 0 aliphatic rings. The smallest absolute Gasteiger partial charge is 0.325 e. The number of hydrogen-bond acceptors (Lipinski definition) is 4. The Morgan fingerprint density at radius 3 is 2.62 bits per heavy atom. The Balaban J connectivity index is 2.10. The summed E-state index contributed by atoms with van der Waals surface area (Å²) in [6.07, 6.45) is 0. The summed E-state index contributed by atoms with van der Waals surface area (Å²) in [5, 5.41) is 8.31. The average Bonchev–Trinajstić information content (AvgIpc) is 2.80. The molecule has 1 aromatic heterocycles. The van der Waals surface area contributed by atoms with Crippen molar-refractivity contribution < 1.29 is 9.53 Å². The van der Waals surface area contributed by atoms with Crippen LogP contribution >= 0.6 is 11.6 Å². The van der Waals surface area contributed by atoms with Gasteiger partial charge in [-0.25, -0.2) is 4.68 Å². The fourth-order valence-corrected chi connectivity index (χ4v) is 2.65. The number of ether oxygens (including phenoxy) is 1. The van der Waals surface area contributed by atoms with Gasteiger partial charge in [0.05, 0.1) is 18.8 Å². The largest absolute Gasteiger partial charge is 0.465 e. The van der Waals surface area contributed by atoms with Gasteiger partial charge >= 0.3 is 5.97 Å². The van der Waals surface area contributed by atoms with E-state index in [2.05, 4.69) is 10.4 Å². The van der Waals surface area contributed by atoms with Crippen molar-refractivity contribution >= 4 is 17.6 Å². The van der Waals surface area contributed by atoms with Gasteiger partial charge in [0.2, 0.25) is 0 Å². The third-order valence-electron chi connectivity index (χ3n) is 3.85. The molecule has 0 amide bonds. The molecule has 0 atom stereocenters. The number of aromatic nitrogens is 2. The molecule has 6 heteroatoms. The predicted molar refractivity (Wildman–Crippen MR) is 95.1 cm³/mol. The predicted octanol–water partition coefficient (Wildman–Crippen LogP) is 3.32. The van der Waals surface area contributed by atoms with Crippen LogP contribution in [-0.2, 0) is 22.6 Å². The van der Waals surface area contributed by atoms with Crippen LogP contribution in [-0.4, -0.2) is 27.9 Å². The van der Waals surface area contributed by atoms with E-state index in [1.807, 2.05) is 37.3 Å². The Morgan fingerprint density at radius 2 is 2.00 bits per heavy atom. The first-order chi connectivity index (χ1) is 11.3. The lowest BCUT2D eigenvalue weighted by molar-refractivity contribution is -0.149. The van der Waals surface area contributed by atoms with E-state index in [1.165, 1.54) is 0 Å². The minimum absolute atomic E-state index is 0.282. The van der Waals surface area contributed by atoms with Gasteiger partial charge in [-0.15, -0.1) is 0 Å². The molecule has 24 heavy (non-hydrogen) atoms. The molecule has 2 rings (SSSR count). The molecule has 1 N–H and O–H groups in total. The molecule has 0 spiro atoms. The van der Waals surface area contributed by atoms with Crippen molar-refractivity contribution in [3.63, 3.8) is 0 Å². The second kappa shape index (κ2) is 7.81. The summed E-state index contributed by atoms with van der Waals surface area (Å²) in [6, 6.07) is 10.0. The van der Waals surface area contributed by atoms with Crippen molar-refractivity contribution in [2.24, 2.45) is 0 Å². The number of nitrogens with one attached hydrogen (secondary N) is 1. The number of carbonyl (C=O) groups excluding carboxylic acids is 1. The zero-order valence-corrected chi connectivity index (χ0v) is 15.4. The van der Waals surface area contributed by atoms with Crippen LogP contribution in [0.4, 0.5) is 0 Å². The number of carbonyl (C=O) groups is 1. The minimum Gasteiger partial charge on any atom is -0.465 e. The highest BCUT2D eigenvalue weighted by atomic mass is 35.5. The highest BCUT2D eigenvalue weighted by molar-refractivity contribution is 6.30. The SMILES string of the molecule is CCOC(=O)C(C)(C)NCc1c(C)nn(Cc2ccccc2)c1Cl. The molecule has 0 aliphatic heterocycles. The third-order valence-corrected chi connectivity index (χ3v) is 4.27. The molecule has 1 heterocycles. The van der Waals surface area contributed by atoms with E-state index in [4.69, 9.17) is 16.3 Å². The zero-order valence-electron chi connectivity index (χ0n) is 14.6. The number of aryl methyl sites for hydroxylation is 1. The molecular formula is C18H24ClN3O2. The van der Waals surface area contributed by atoms with Crippen molar-refractivity contribution in [3.8, 4) is 0 Å². The zero-order chi connectivity index (χ0) is 17.7. The van der Waals surface area contributed by atoms with Crippen LogP contribution in [0.1, 0.15) is 37.6 Å². The molecule has 0 radical (unpaired) electrons. The van der Waals surface area contributed by atoms with E-state index in [1.54, 1.807) is 25.5 Å². The molecular weight excluding hydrogens is 326 g/mol. The summed E-state index contributed by atoms with van der Waals surface area (Å²) in [7, 11) is 0. The number of benzene rings is 1. The summed E-state index contributed by atoms with van der Waals surface area (Å²) in [6.45, 7) is 8.72. The van der Waals surface area contributed by atoms with Gasteiger partial charge in [0, 0.05) is 12.1 Å². The maximum absolute atomic E-state index is 12.0. The van der Waals surface area contributed by atoms with Gasteiger partial charge in [0.1, 0.15) is 10.7 Å². The highest BCUT2D eigenvalue weighted by Crippen LogP contribution is 2.22. The van der Waals surface area contributed by atoms with Crippen LogP contribution in [0.15, 0.2) is 30.3 Å². The minimum atomic E-state index is -0.784. The van der Waals surface area contributed by atoms with Gasteiger partial charge in [-0.05, 0) is 33.3 Å². The number of nitrogens with zero attached hydrogens (tertiary/aromatic N) is 2. The van der Waals surface area contributed by atoms with Crippen molar-refractivity contribution in [1.82, 2.24) is 15.1 Å². The molecule has 0 saturated heterocycles. The summed E-state index contributed by atoms with van der Waals surface area (Å²) in [5.74, 6) is -0.282. The lowest BCUT2D eigenvalue weighted by Crippen LogP contribution is -2.47. The molecule has 1 aromatic carbocycles. The Morgan fingerprint density at radius 1 is 1.33 bits per heavy atom. The normalized spacial score (nSPS) is 11.5. The second-order valence-corrected chi connectivity index (χ2v) is 6.56. The molecule has 0 unspecified atom stereocenters. The molecule has 2 aromatic rings. The van der Waals surface area contributed by atoms with E-state index in [9.17, 15) is 4.79 Å². The Bertz CT molecular complexity index is 696. The van der Waals surface area contributed by atoms with Crippen LogP contribution in [0.3, 0.4) is 0 Å². The lowest BCUT2D eigenvalue weighted by Gasteiger charge is -2.23. The summed E-state index contributed by atoms with van der Waals surface area (Å²) in [5.41, 5.74) is 2.09. The Labute approximate surface area is 148 Å². The van der Waals surface area contributed by atoms with Crippen LogP contribution in [0.25, 0.3) is 0 Å². The highest BCUT2D eigenvalue weighted by Gasteiger charge is 2.29. The van der Waals surface area contributed by atoms with E-state index >= 15 is 0 Å². The van der Waals surface area contributed by atoms with Crippen LogP contribution in [0.5, 0.6) is 0 Å². The summed E-state index contributed by atoms with van der Waals surface area (Å²) in [4.78, 5) is 12.0. The van der Waals surface area contributed by atoms with Gasteiger partial charge in [-0.3, -0.25) is 10.1 Å². The quantitative estimate of drug-likeness (QED) is 0.779. The Hall–Kier alpha value is -1.85. The number of esters is 1. The van der Waals surface area contributed by atoms with Gasteiger partial charge in [0.15, 0.2) is 0 Å². The first-order valence-corrected chi connectivity index (χ1v) is 8.41. The van der Waals surface area contributed by atoms with Crippen LogP contribution in [0.2, 0.25) is 5.15 Å². The monoisotopic (exact) mass is 349 g/mol. The average molecular weight is 350 g/mol. The van der Waals surface area contributed by atoms with Crippen molar-refractivity contribution in [2.75, 3.05) is 6.61 Å². The first-order valence-electron chi connectivity index (χ1n) is 8.03. The number of halogens is 1. The second-order valence-electron chi connectivity index (χ2n) is 6.20. The molecule has 0 fully saturated rings. The molecule has 0 aliphatic carbocycles. The van der Waals surface area contributed by atoms with Gasteiger partial charge in [0.25, 0.3) is 0 Å². The third kappa shape index (κ3) is 4.36. The van der Waals surface area contributed by atoms with Crippen LogP contribution in [0, 0.1) is 6.92 Å². The van der Waals surface area contributed by atoms with E-state index in [0.717, 1.165) is 16.8 Å². The molecule has 0 bridgehead atoms. The van der Waals surface area contributed by atoms with Gasteiger partial charge in [-0.1, -0.05) is 41.9 Å². The fraction of sp³-hybridized carbons (Fsp3) is 0.444. The van der Waals surface area contributed by atoms with Crippen molar-refractivity contribution in [3.05, 3.63) is 52.3 Å². The first kappa shape index (κ1) is 18.5. The topological polar surface area (TPSA) is 56.1 Å². The summed E-state index contributed by atoms with van der Waals surface area (Å²) < 4.78 is 6.86. The van der Waals surface area contributed by atoms with Crippen molar-refractivity contribution in [1.29, 1.82) is 0 Å². The molecule has 5 nitrogen and oxygen atoms in total. The van der Waals surface area contributed by atoms with Crippen molar-refractivity contribution in [2.45, 2.75) is 46.3 Å². The van der Waals surface area contributed by atoms with Gasteiger partial charge in [-0.2, -0.15) is 5.10 Å². The maximum Gasteiger partial charge on any atom is 0.325 e. The number of hydrogen-bond donors (Lipinski definition) is 1. The van der Waals surface area contributed by atoms with Crippen LogP contribution < -0.4 is 5.32 Å².